The normalized spacial score (nSPS) is 19.5. The molecule has 0 atom stereocenters. The summed E-state index contributed by atoms with van der Waals surface area (Å²) in [5, 5.41) is 9.05. The predicted octanol–water partition coefficient (Wildman–Crippen LogP) is -0.403. The van der Waals surface area contributed by atoms with Gasteiger partial charge in [0.25, 0.3) is 0 Å². The average molecular weight is 167 g/mol. The largest absolute Gasteiger partial charge is 0.390 e. The van der Waals surface area contributed by atoms with E-state index in [1.165, 1.54) is 0 Å². The molecular formula is C8H13N3O. The molecule has 0 radical (unpaired) electrons. The minimum Gasteiger partial charge on any atom is -0.390 e. The van der Waals surface area contributed by atoms with E-state index in [1.807, 2.05) is 17.8 Å². The Morgan fingerprint density at radius 3 is 2.92 bits per heavy atom. The third-order valence-corrected chi connectivity index (χ3v) is 2.22. The van der Waals surface area contributed by atoms with Crippen molar-refractivity contribution in [1.82, 2.24) is 14.5 Å². The van der Waals surface area contributed by atoms with E-state index in [9.17, 15) is 0 Å². The van der Waals surface area contributed by atoms with Crippen molar-refractivity contribution >= 4 is 0 Å². The molecule has 1 N–H and O–H groups in total. The van der Waals surface area contributed by atoms with E-state index in [0.717, 1.165) is 25.5 Å². The van der Waals surface area contributed by atoms with Crippen molar-refractivity contribution < 1.29 is 5.11 Å². The Bertz CT molecular complexity index is 265. The number of hydrogen-bond donors (Lipinski definition) is 1. The van der Waals surface area contributed by atoms with Crippen LogP contribution in [-0.4, -0.2) is 38.8 Å². The SMILES string of the molecule is Cn1ccnc1CN1CC(O)C1. The minimum absolute atomic E-state index is 0.120. The van der Waals surface area contributed by atoms with Crippen LogP contribution >= 0.6 is 0 Å². The zero-order valence-corrected chi connectivity index (χ0v) is 7.14. The number of β-amino-alcohol motifs (C(OH)–C–C–N with tert-alkyl or cyclic N) is 1. The van der Waals surface area contributed by atoms with Crippen molar-refractivity contribution in [2.75, 3.05) is 13.1 Å². The van der Waals surface area contributed by atoms with Crippen LogP contribution in [0.2, 0.25) is 0 Å². The van der Waals surface area contributed by atoms with Crippen molar-refractivity contribution in [3.8, 4) is 0 Å². The second-order valence-corrected chi connectivity index (χ2v) is 3.30. The number of hydrogen-bond acceptors (Lipinski definition) is 3. The van der Waals surface area contributed by atoms with Gasteiger partial charge >= 0.3 is 0 Å². The van der Waals surface area contributed by atoms with Crippen molar-refractivity contribution in [1.29, 1.82) is 0 Å². The second kappa shape index (κ2) is 2.88. The van der Waals surface area contributed by atoms with Crippen molar-refractivity contribution in [3.63, 3.8) is 0 Å². The lowest BCUT2D eigenvalue weighted by Gasteiger charge is -2.35. The zero-order valence-electron chi connectivity index (χ0n) is 7.14. The highest BCUT2D eigenvalue weighted by molar-refractivity contribution is 4.93. The van der Waals surface area contributed by atoms with Crippen LogP contribution in [0.1, 0.15) is 5.82 Å². The molecule has 2 rings (SSSR count). The molecule has 4 nitrogen and oxygen atoms in total. The maximum absolute atomic E-state index is 9.05. The molecule has 1 fully saturated rings. The van der Waals surface area contributed by atoms with E-state index >= 15 is 0 Å². The summed E-state index contributed by atoms with van der Waals surface area (Å²) in [6.07, 6.45) is 3.61. The summed E-state index contributed by atoms with van der Waals surface area (Å²) in [7, 11) is 1.98. The number of aliphatic hydroxyl groups is 1. The zero-order chi connectivity index (χ0) is 8.55. The molecule has 0 unspecified atom stereocenters. The highest BCUT2D eigenvalue weighted by atomic mass is 16.3. The summed E-state index contributed by atoms with van der Waals surface area (Å²) >= 11 is 0. The van der Waals surface area contributed by atoms with Crippen molar-refractivity contribution in [2.24, 2.45) is 7.05 Å². The Kier molecular flexibility index (Phi) is 1.86. The first-order chi connectivity index (χ1) is 5.75. The summed E-state index contributed by atoms with van der Waals surface area (Å²) in [4.78, 5) is 6.38. The van der Waals surface area contributed by atoms with Crippen LogP contribution in [0.15, 0.2) is 12.4 Å². The van der Waals surface area contributed by atoms with Gasteiger partial charge < -0.3 is 9.67 Å². The fraction of sp³-hybridized carbons (Fsp3) is 0.625. The Labute approximate surface area is 71.4 Å². The molecule has 0 bridgehead atoms. The summed E-state index contributed by atoms with van der Waals surface area (Å²) in [5.74, 6) is 1.06. The van der Waals surface area contributed by atoms with Crippen LogP contribution in [0.4, 0.5) is 0 Å². The van der Waals surface area contributed by atoms with E-state index in [0.29, 0.717) is 0 Å². The van der Waals surface area contributed by atoms with Gasteiger partial charge in [-0.05, 0) is 0 Å². The fourth-order valence-electron chi connectivity index (χ4n) is 1.42. The maximum atomic E-state index is 9.05. The van der Waals surface area contributed by atoms with Crippen molar-refractivity contribution in [2.45, 2.75) is 12.6 Å². The van der Waals surface area contributed by atoms with Crippen LogP contribution in [0.3, 0.4) is 0 Å². The molecule has 0 aromatic carbocycles. The number of aromatic nitrogens is 2. The highest BCUT2D eigenvalue weighted by Gasteiger charge is 2.24. The van der Waals surface area contributed by atoms with Crippen LogP contribution in [0, 0.1) is 0 Å². The monoisotopic (exact) mass is 167 g/mol. The third kappa shape index (κ3) is 1.35. The second-order valence-electron chi connectivity index (χ2n) is 3.30. The van der Waals surface area contributed by atoms with Crippen LogP contribution < -0.4 is 0 Å². The summed E-state index contributed by atoms with van der Waals surface area (Å²) in [6, 6.07) is 0. The first-order valence-electron chi connectivity index (χ1n) is 4.12. The lowest BCUT2D eigenvalue weighted by Crippen LogP contribution is -2.50. The highest BCUT2D eigenvalue weighted by Crippen LogP contribution is 2.10. The van der Waals surface area contributed by atoms with Gasteiger partial charge in [-0.25, -0.2) is 4.98 Å². The smallest absolute Gasteiger partial charge is 0.122 e. The van der Waals surface area contributed by atoms with Gasteiger partial charge in [0.05, 0.1) is 12.6 Å². The summed E-state index contributed by atoms with van der Waals surface area (Å²) in [5.41, 5.74) is 0. The van der Waals surface area contributed by atoms with Crippen molar-refractivity contribution in [3.05, 3.63) is 18.2 Å². The fourth-order valence-corrected chi connectivity index (χ4v) is 1.42. The lowest BCUT2D eigenvalue weighted by molar-refractivity contribution is -0.00470. The maximum Gasteiger partial charge on any atom is 0.122 e. The molecule has 1 aromatic rings. The van der Waals surface area contributed by atoms with Gasteiger partial charge in [0.2, 0.25) is 0 Å². The molecular weight excluding hydrogens is 154 g/mol. The molecule has 0 spiro atoms. The van der Waals surface area contributed by atoms with Gasteiger partial charge in [-0.15, -0.1) is 0 Å². The number of rotatable bonds is 2. The molecule has 0 saturated carbocycles. The van der Waals surface area contributed by atoms with Gasteiger partial charge in [-0.2, -0.15) is 0 Å². The summed E-state index contributed by atoms with van der Waals surface area (Å²) in [6.45, 7) is 2.42. The van der Waals surface area contributed by atoms with Crippen LogP contribution in [-0.2, 0) is 13.6 Å². The minimum atomic E-state index is -0.120. The first-order valence-corrected chi connectivity index (χ1v) is 4.12. The van der Waals surface area contributed by atoms with E-state index in [2.05, 4.69) is 9.88 Å². The van der Waals surface area contributed by atoms with E-state index < -0.39 is 0 Å². The van der Waals surface area contributed by atoms with Crippen LogP contribution in [0.25, 0.3) is 0 Å². The Hall–Kier alpha value is -0.870. The molecule has 0 amide bonds. The topological polar surface area (TPSA) is 41.3 Å². The average Bonchev–Trinajstić information content (AvgIpc) is 2.33. The van der Waals surface area contributed by atoms with E-state index in [4.69, 9.17) is 5.11 Å². The standard InChI is InChI=1S/C8H13N3O/c1-10-3-2-9-8(10)6-11-4-7(12)5-11/h2-3,7,12H,4-6H2,1H3. The molecule has 1 saturated heterocycles. The van der Waals surface area contributed by atoms with E-state index in [1.54, 1.807) is 6.20 Å². The van der Waals surface area contributed by atoms with Gasteiger partial charge in [-0.1, -0.05) is 0 Å². The number of nitrogens with zero attached hydrogens (tertiary/aromatic N) is 3. The molecule has 1 aliphatic rings. The third-order valence-electron chi connectivity index (χ3n) is 2.22. The van der Waals surface area contributed by atoms with Gasteiger partial charge in [0, 0.05) is 32.5 Å². The van der Waals surface area contributed by atoms with Crippen LogP contribution in [0.5, 0.6) is 0 Å². The Morgan fingerprint density at radius 1 is 1.67 bits per heavy atom. The molecule has 12 heavy (non-hydrogen) atoms. The Balaban J connectivity index is 1.92. The molecule has 4 heteroatoms. The number of imidazole rings is 1. The van der Waals surface area contributed by atoms with E-state index in [-0.39, 0.29) is 6.10 Å². The number of aryl methyl sites for hydroxylation is 1. The molecule has 2 heterocycles. The van der Waals surface area contributed by atoms with Gasteiger partial charge in [0.15, 0.2) is 0 Å². The molecule has 1 aliphatic heterocycles. The lowest BCUT2D eigenvalue weighted by atomic mass is 10.2. The first kappa shape index (κ1) is 7.76. The summed E-state index contributed by atoms with van der Waals surface area (Å²) < 4.78 is 2.00. The predicted molar refractivity (Wildman–Crippen MR) is 44.5 cm³/mol. The van der Waals surface area contributed by atoms with Gasteiger partial charge in [0.1, 0.15) is 5.82 Å². The van der Waals surface area contributed by atoms with Gasteiger partial charge in [-0.3, -0.25) is 4.90 Å². The number of aliphatic hydroxyl groups excluding tert-OH is 1. The molecule has 0 aliphatic carbocycles. The Morgan fingerprint density at radius 2 is 2.42 bits per heavy atom. The quantitative estimate of drug-likeness (QED) is 0.651. The molecule has 1 aromatic heterocycles. The number of likely N-dealkylation sites (tertiary alicyclic amines) is 1. The molecule has 66 valence electrons.